The summed E-state index contributed by atoms with van der Waals surface area (Å²) in [6.07, 6.45) is 11.5. The largest absolute Gasteiger partial charge is 0.494 e. The monoisotopic (exact) mass is 462 g/mol. The van der Waals surface area contributed by atoms with Gasteiger partial charge in [0, 0.05) is 29.8 Å². The number of ketones is 1. The highest BCUT2D eigenvalue weighted by Crippen LogP contribution is 2.38. The van der Waals surface area contributed by atoms with Crippen molar-refractivity contribution in [2.45, 2.75) is 20.3 Å². The van der Waals surface area contributed by atoms with E-state index < -0.39 is 0 Å². The van der Waals surface area contributed by atoms with E-state index in [2.05, 4.69) is 27.5 Å². The molecular weight excluding hydrogens is 440 g/mol. The average molecular weight is 463 g/mol. The van der Waals surface area contributed by atoms with Crippen molar-refractivity contribution < 1.29 is 9.53 Å². The quantitative estimate of drug-likeness (QED) is 0.286. The molecular formula is C25H23BrN2O2. The van der Waals surface area contributed by atoms with Crippen LogP contribution in [0.5, 0.6) is 5.75 Å². The zero-order chi connectivity index (χ0) is 21.7. The maximum atomic E-state index is 12.8. The fourth-order valence-electron chi connectivity index (χ4n) is 3.35. The lowest BCUT2D eigenvalue weighted by Crippen LogP contribution is -2.06. The predicted octanol–water partition coefficient (Wildman–Crippen LogP) is 6.81. The first-order valence-corrected chi connectivity index (χ1v) is 10.5. The summed E-state index contributed by atoms with van der Waals surface area (Å²) in [5.74, 6) is 0.457. The summed E-state index contributed by atoms with van der Waals surface area (Å²) >= 11 is 3.52. The number of ether oxygens (including phenoxy) is 1. The van der Waals surface area contributed by atoms with Crippen LogP contribution < -0.4 is 4.74 Å². The molecule has 0 amide bonds. The maximum absolute atomic E-state index is 12.8. The lowest BCUT2D eigenvalue weighted by molar-refractivity contribution is 0.0987. The third kappa shape index (κ3) is 4.12. The standard InChI is InChI=1S/C25H23BrN2O2/c1-5-8-16(9-6-2)17-10-12-18(13-11-17)23-25(30-4)22(21(29)7-3)19-14-27-15-20(26)24(19)28-23/h5-6,8-15H,1,7H2,2-4H3/b9-6-,16-8+. The highest BCUT2D eigenvalue weighted by Gasteiger charge is 2.22. The van der Waals surface area contributed by atoms with Gasteiger partial charge in [-0.1, -0.05) is 62.1 Å². The Balaban J connectivity index is 2.25. The van der Waals surface area contributed by atoms with Crippen LogP contribution in [0, 0.1) is 0 Å². The summed E-state index contributed by atoms with van der Waals surface area (Å²) in [5, 5.41) is 0.678. The van der Waals surface area contributed by atoms with E-state index >= 15 is 0 Å². The number of rotatable bonds is 7. The minimum absolute atomic E-state index is 0.0127. The molecule has 0 aliphatic heterocycles. The molecule has 1 aromatic carbocycles. The number of allylic oxidation sites excluding steroid dienone is 5. The Morgan fingerprint density at radius 3 is 2.57 bits per heavy atom. The van der Waals surface area contributed by atoms with Crippen molar-refractivity contribution in [2.75, 3.05) is 7.11 Å². The van der Waals surface area contributed by atoms with Crippen molar-refractivity contribution >= 4 is 38.2 Å². The van der Waals surface area contributed by atoms with E-state index in [9.17, 15) is 4.79 Å². The molecule has 3 aromatic rings. The molecule has 152 valence electrons. The molecule has 0 saturated carbocycles. The summed E-state index contributed by atoms with van der Waals surface area (Å²) < 4.78 is 6.43. The molecule has 0 radical (unpaired) electrons. The van der Waals surface area contributed by atoms with Gasteiger partial charge in [-0.3, -0.25) is 9.78 Å². The Labute approximate surface area is 185 Å². The lowest BCUT2D eigenvalue weighted by Gasteiger charge is -2.16. The summed E-state index contributed by atoms with van der Waals surface area (Å²) in [6.45, 7) is 7.61. The van der Waals surface area contributed by atoms with E-state index in [4.69, 9.17) is 9.72 Å². The molecule has 0 saturated heterocycles. The second-order valence-corrected chi connectivity index (χ2v) is 7.45. The van der Waals surface area contributed by atoms with E-state index in [0.29, 0.717) is 34.3 Å². The van der Waals surface area contributed by atoms with Gasteiger partial charge in [0.25, 0.3) is 0 Å². The number of pyridine rings is 2. The van der Waals surface area contributed by atoms with Gasteiger partial charge in [-0.2, -0.15) is 0 Å². The number of nitrogens with zero attached hydrogens (tertiary/aromatic N) is 2. The Morgan fingerprint density at radius 1 is 1.23 bits per heavy atom. The molecule has 5 heteroatoms. The number of halogens is 1. The van der Waals surface area contributed by atoms with Crippen LogP contribution in [-0.2, 0) is 0 Å². The van der Waals surface area contributed by atoms with Crippen molar-refractivity contribution in [3.63, 3.8) is 0 Å². The molecule has 0 aliphatic carbocycles. The third-order valence-electron chi connectivity index (χ3n) is 4.75. The number of benzene rings is 1. The zero-order valence-corrected chi connectivity index (χ0v) is 18.9. The maximum Gasteiger partial charge on any atom is 0.167 e. The molecule has 0 aliphatic rings. The second kappa shape index (κ2) is 9.63. The van der Waals surface area contributed by atoms with Crippen molar-refractivity contribution in [3.8, 4) is 17.0 Å². The predicted molar refractivity (Wildman–Crippen MR) is 127 cm³/mol. The van der Waals surface area contributed by atoms with Gasteiger partial charge >= 0.3 is 0 Å². The van der Waals surface area contributed by atoms with Crippen LogP contribution in [0.1, 0.15) is 36.2 Å². The molecule has 2 aromatic heterocycles. The Morgan fingerprint density at radius 2 is 1.97 bits per heavy atom. The van der Waals surface area contributed by atoms with Gasteiger partial charge in [-0.05, 0) is 34.0 Å². The Bertz CT molecular complexity index is 1160. The molecule has 30 heavy (non-hydrogen) atoms. The average Bonchev–Trinajstić information content (AvgIpc) is 2.77. The molecule has 0 atom stereocenters. The summed E-state index contributed by atoms with van der Waals surface area (Å²) in [7, 11) is 1.57. The first kappa shape index (κ1) is 21.7. The summed E-state index contributed by atoms with van der Waals surface area (Å²) in [6, 6.07) is 8.03. The minimum atomic E-state index is -0.0127. The van der Waals surface area contributed by atoms with Gasteiger partial charge in [0.05, 0.1) is 22.7 Å². The zero-order valence-electron chi connectivity index (χ0n) is 17.3. The highest BCUT2D eigenvalue weighted by atomic mass is 79.9. The normalized spacial score (nSPS) is 11.8. The van der Waals surface area contributed by atoms with E-state index in [1.807, 2.05) is 56.3 Å². The fourth-order valence-corrected chi connectivity index (χ4v) is 3.77. The van der Waals surface area contributed by atoms with E-state index in [-0.39, 0.29) is 5.78 Å². The van der Waals surface area contributed by atoms with Gasteiger partial charge < -0.3 is 4.74 Å². The van der Waals surface area contributed by atoms with Crippen LogP contribution in [0.4, 0.5) is 0 Å². The van der Waals surface area contributed by atoms with Crippen LogP contribution in [0.15, 0.2) is 72.0 Å². The van der Waals surface area contributed by atoms with Gasteiger partial charge in [-0.15, -0.1) is 0 Å². The van der Waals surface area contributed by atoms with Crippen LogP contribution in [-0.4, -0.2) is 22.9 Å². The van der Waals surface area contributed by atoms with E-state index in [1.165, 1.54) is 0 Å². The van der Waals surface area contributed by atoms with E-state index in [0.717, 1.165) is 21.2 Å². The highest BCUT2D eigenvalue weighted by molar-refractivity contribution is 9.10. The van der Waals surface area contributed by atoms with Crippen LogP contribution in [0.25, 0.3) is 27.7 Å². The molecule has 4 nitrogen and oxygen atoms in total. The van der Waals surface area contributed by atoms with Crippen molar-refractivity contribution in [1.29, 1.82) is 0 Å². The number of carbonyl (C=O) groups is 1. The van der Waals surface area contributed by atoms with Crippen molar-refractivity contribution in [1.82, 2.24) is 9.97 Å². The minimum Gasteiger partial charge on any atom is -0.494 e. The molecule has 3 rings (SSSR count). The van der Waals surface area contributed by atoms with Crippen molar-refractivity contribution in [3.05, 3.63) is 83.1 Å². The Kier molecular flexibility index (Phi) is 6.95. The number of aromatic nitrogens is 2. The van der Waals surface area contributed by atoms with Gasteiger partial charge in [-0.25, -0.2) is 4.98 Å². The number of hydrogen-bond acceptors (Lipinski definition) is 4. The molecule has 0 fully saturated rings. The SMILES string of the molecule is C=C/C=C(\C=C/C)c1ccc(-c2nc3c(Br)cncc3c(C(=O)CC)c2OC)cc1. The summed E-state index contributed by atoms with van der Waals surface area (Å²) in [5.41, 5.74) is 4.81. The topological polar surface area (TPSA) is 52.1 Å². The Hall–Kier alpha value is -3.05. The fraction of sp³-hybridized carbons (Fsp3) is 0.160. The number of methoxy groups -OCH3 is 1. The number of fused-ring (bicyclic) bond motifs is 1. The smallest absolute Gasteiger partial charge is 0.167 e. The molecule has 2 heterocycles. The molecule has 0 bridgehead atoms. The van der Waals surface area contributed by atoms with Gasteiger partial charge in [0.1, 0.15) is 5.69 Å². The van der Waals surface area contributed by atoms with Gasteiger partial charge in [0.2, 0.25) is 0 Å². The molecule has 0 N–H and O–H groups in total. The number of hydrogen-bond donors (Lipinski definition) is 0. The van der Waals surface area contributed by atoms with Gasteiger partial charge in [0.15, 0.2) is 11.5 Å². The van der Waals surface area contributed by atoms with Crippen LogP contribution >= 0.6 is 15.9 Å². The first-order chi connectivity index (χ1) is 14.5. The first-order valence-electron chi connectivity index (χ1n) is 9.66. The van der Waals surface area contributed by atoms with Crippen LogP contribution in [0.3, 0.4) is 0 Å². The summed E-state index contributed by atoms with van der Waals surface area (Å²) in [4.78, 5) is 21.9. The second-order valence-electron chi connectivity index (χ2n) is 6.60. The third-order valence-corrected chi connectivity index (χ3v) is 5.33. The van der Waals surface area contributed by atoms with Crippen molar-refractivity contribution in [2.24, 2.45) is 0 Å². The van der Waals surface area contributed by atoms with E-state index in [1.54, 1.807) is 25.6 Å². The number of carbonyl (C=O) groups excluding carboxylic acids is 1. The molecule has 0 spiro atoms. The van der Waals surface area contributed by atoms with Crippen LogP contribution in [0.2, 0.25) is 0 Å². The number of Topliss-reactive ketones (excluding diaryl/α,β-unsaturated/α-hetero) is 1. The molecule has 0 unspecified atom stereocenters. The lowest BCUT2D eigenvalue weighted by atomic mass is 9.97.